The van der Waals surface area contributed by atoms with E-state index in [1.165, 1.54) is 0 Å². The van der Waals surface area contributed by atoms with Crippen LogP contribution in [0.3, 0.4) is 0 Å². The van der Waals surface area contributed by atoms with Crippen molar-refractivity contribution in [2.45, 2.75) is 0 Å². The lowest BCUT2D eigenvalue weighted by Crippen LogP contribution is -2.01. The molecule has 0 amide bonds. The molecule has 4 rings (SSSR count). The van der Waals surface area contributed by atoms with E-state index in [1.807, 2.05) is 48.5 Å². The van der Waals surface area contributed by atoms with Crippen molar-refractivity contribution >= 4 is 16.8 Å². The Kier molecular flexibility index (Phi) is 4.96. The van der Waals surface area contributed by atoms with Gasteiger partial charge >= 0.3 is 0 Å². The SMILES string of the molecule is COc1cc2oc(C(=O)c3ccccc3)c(-c3ccccc3)c2c(OC)c1OC. The fraction of sp³-hybridized carbons (Fsp3) is 0.125. The number of hydrogen-bond donors (Lipinski definition) is 0. The van der Waals surface area contributed by atoms with Gasteiger partial charge in [0.15, 0.2) is 17.3 Å². The van der Waals surface area contributed by atoms with Gasteiger partial charge in [-0.05, 0) is 5.56 Å². The van der Waals surface area contributed by atoms with Gasteiger partial charge in [0, 0.05) is 17.2 Å². The van der Waals surface area contributed by atoms with Gasteiger partial charge in [0.1, 0.15) is 5.58 Å². The summed E-state index contributed by atoms with van der Waals surface area (Å²) in [7, 11) is 4.64. The highest BCUT2D eigenvalue weighted by molar-refractivity contribution is 6.17. The van der Waals surface area contributed by atoms with Gasteiger partial charge in [-0.3, -0.25) is 4.79 Å². The molecule has 0 aliphatic heterocycles. The van der Waals surface area contributed by atoms with Crippen LogP contribution in [0.4, 0.5) is 0 Å². The number of furan rings is 1. The largest absolute Gasteiger partial charge is 0.493 e. The molecule has 0 radical (unpaired) electrons. The molecule has 1 aromatic heterocycles. The molecular weight excluding hydrogens is 368 g/mol. The summed E-state index contributed by atoms with van der Waals surface area (Å²) < 4.78 is 22.7. The van der Waals surface area contributed by atoms with Crippen LogP contribution < -0.4 is 14.2 Å². The monoisotopic (exact) mass is 388 g/mol. The number of ketones is 1. The van der Waals surface area contributed by atoms with E-state index >= 15 is 0 Å². The molecule has 5 nitrogen and oxygen atoms in total. The number of ether oxygens (including phenoxy) is 3. The fourth-order valence-corrected chi connectivity index (χ4v) is 3.49. The summed E-state index contributed by atoms with van der Waals surface area (Å²) >= 11 is 0. The lowest BCUT2D eigenvalue weighted by Gasteiger charge is -2.13. The lowest BCUT2D eigenvalue weighted by atomic mass is 9.97. The van der Waals surface area contributed by atoms with Crippen molar-refractivity contribution < 1.29 is 23.4 Å². The van der Waals surface area contributed by atoms with Crippen LogP contribution in [0.1, 0.15) is 16.1 Å². The Bertz CT molecular complexity index is 1160. The van der Waals surface area contributed by atoms with Gasteiger partial charge in [0.05, 0.1) is 26.7 Å². The van der Waals surface area contributed by atoms with Crippen LogP contribution in [0.25, 0.3) is 22.1 Å². The third-order valence-corrected chi connectivity index (χ3v) is 4.79. The summed E-state index contributed by atoms with van der Waals surface area (Å²) in [5.74, 6) is 1.39. The van der Waals surface area contributed by atoms with Crippen molar-refractivity contribution in [1.82, 2.24) is 0 Å². The van der Waals surface area contributed by atoms with Crippen molar-refractivity contribution in [3.8, 4) is 28.4 Å². The van der Waals surface area contributed by atoms with Crippen LogP contribution in [0.5, 0.6) is 17.2 Å². The quantitative estimate of drug-likeness (QED) is 0.416. The second-order valence-corrected chi connectivity index (χ2v) is 6.39. The highest BCUT2D eigenvalue weighted by Gasteiger charge is 2.28. The molecule has 0 saturated heterocycles. The molecule has 146 valence electrons. The van der Waals surface area contributed by atoms with Crippen LogP contribution in [0, 0.1) is 0 Å². The van der Waals surface area contributed by atoms with E-state index in [0.717, 1.165) is 5.56 Å². The molecule has 0 aliphatic rings. The minimum atomic E-state index is -0.208. The molecule has 3 aromatic carbocycles. The van der Waals surface area contributed by atoms with Gasteiger partial charge in [0.25, 0.3) is 0 Å². The molecule has 0 saturated carbocycles. The summed E-state index contributed by atoms with van der Waals surface area (Å²) in [4.78, 5) is 13.3. The van der Waals surface area contributed by atoms with Crippen molar-refractivity contribution in [3.63, 3.8) is 0 Å². The Morgan fingerprint density at radius 3 is 2.00 bits per heavy atom. The Morgan fingerprint density at radius 2 is 1.41 bits per heavy atom. The Hall–Kier alpha value is -3.73. The van der Waals surface area contributed by atoms with Crippen LogP contribution in [-0.2, 0) is 0 Å². The normalized spacial score (nSPS) is 10.7. The Balaban J connectivity index is 2.10. The van der Waals surface area contributed by atoms with Crippen LogP contribution in [0.2, 0.25) is 0 Å². The van der Waals surface area contributed by atoms with E-state index in [9.17, 15) is 4.79 Å². The zero-order valence-electron chi connectivity index (χ0n) is 16.4. The molecular formula is C24H20O5. The summed E-state index contributed by atoms with van der Waals surface area (Å²) in [6, 6.07) is 20.4. The first-order chi connectivity index (χ1) is 14.2. The second-order valence-electron chi connectivity index (χ2n) is 6.39. The summed E-state index contributed by atoms with van der Waals surface area (Å²) in [6.07, 6.45) is 0. The average Bonchev–Trinajstić information content (AvgIpc) is 3.17. The molecule has 0 bridgehead atoms. The molecule has 0 spiro atoms. The molecule has 0 N–H and O–H groups in total. The summed E-state index contributed by atoms with van der Waals surface area (Å²) in [5, 5.41) is 0.663. The second kappa shape index (κ2) is 7.72. The maximum atomic E-state index is 13.3. The van der Waals surface area contributed by atoms with E-state index in [-0.39, 0.29) is 11.5 Å². The highest BCUT2D eigenvalue weighted by Crippen LogP contribution is 2.49. The predicted octanol–water partition coefficient (Wildman–Crippen LogP) is 5.36. The van der Waals surface area contributed by atoms with Gasteiger partial charge in [-0.15, -0.1) is 0 Å². The van der Waals surface area contributed by atoms with Gasteiger partial charge in [-0.2, -0.15) is 0 Å². The third-order valence-electron chi connectivity index (χ3n) is 4.79. The lowest BCUT2D eigenvalue weighted by molar-refractivity contribution is 0.101. The van der Waals surface area contributed by atoms with E-state index in [2.05, 4.69) is 0 Å². The number of carbonyl (C=O) groups is 1. The molecule has 1 heterocycles. The molecule has 0 atom stereocenters. The first kappa shape index (κ1) is 18.6. The van der Waals surface area contributed by atoms with Crippen LogP contribution in [0.15, 0.2) is 71.1 Å². The molecule has 29 heavy (non-hydrogen) atoms. The molecule has 4 aromatic rings. The molecule has 5 heteroatoms. The van der Waals surface area contributed by atoms with Gasteiger partial charge in [-0.25, -0.2) is 0 Å². The van der Waals surface area contributed by atoms with E-state index in [1.54, 1.807) is 39.5 Å². The van der Waals surface area contributed by atoms with Crippen LogP contribution >= 0.6 is 0 Å². The van der Waals surface area contributed by atoms with E-state index < -0.39 is 0 Å². The van der Waals surface area contributed by atoms with Crippen LogP contribution in [-0.4, -0.2) is 27.1 Å². The maximum Gasteiger partial charge on any atom is 0.228 e. The maximum absolute atomic E-state index is 13.3. The van der Waals surface area contributed by atoms with E-state index in [4.69, 9.17) is 18.6 Å². The summed E-state index contributed by atoms with van der Waals surface area (Å²) in [5.41, 5.74) is 2.53. The first-order valence-corrected chi connectivity index (χ1v) is 9.10. The minimum absolute atomic E-state index is 0.208. The van der Waals surface area contributed by atoms with Crippen molar-refractivity contribution in [3.05, 3.63) is 78.1 Å². The first-order valence-electron chi connectivity index (χ1n) is 9.10. The average molecular weight is 388 g/mol. The Labute approximate surface area is 168 Å². The number of methoxy groups -OCH3 is 3. The van der Waals surface area contributed by atoms with Crippen molar-refractivity contribution in [1.29, 1.82) is 0 Å². The number of fused-ring (bicyclic) bond motifs is 1. The number of carbonyl (C=O) groups excluding carboxylic acids is 1. The third kappa shape index (κ3) is 3.10. The topological polar surface area (TPSA) is 57.9 Å². The summed E-state index contributed by atoms with van der Waals surface area (Å²) in [6.45, 7) is 0. The molecule has 0 fully saturated rings. The predicted molar refractivity (Wildman–Crippen MR) is 111 cm³/mol. The smallest absolute Gasteiger partial charge is 0.228 e. The molecule has 0 unspecified atom stereocenters. The number of benzene rings is 3. The Morgan fingerprint density at radius 1 is 0.793 bits per heavy atom. The zero-order chi connectivity index (χ0) is 20.4. The highest BCUT2D eigenvalue weighted by atomic mass is 16.5. The standard InChI is InChI=1S/C24H20O5/c1-26-18-14-17-20(24(28-3)22(18)27-2)19(15-10-6-4-7-11-15)23(29-17)21(25)16-12-8-5-9-13-16/h4-14H,1-3H3. The van der Waals surface area contributed by atoms with E-state index in [0.29, 0.717) is 39.3 Å². The molecule has 0 aliphatic carbocycles. The van der Waals surface area contributed by atoms with Gasteiger partial charge < -0.3 is 18.6 Å². The van der Waals surface area contributed by atoms with Crippen molar-refractivity contribution in [2.75, 3.05) is 21.3 Å². The fourth-order valence-electron chi connectivity index (χ4n) is 3.49. The zero-order valence-corrected chi connectivity index (χ0v) is 16.4. The van der Waals surface area contributed by atoms with Gasteiger partial charge in [0.2, 0.25) is 11.5 Å². The minimum Gasteiger partial charge on any atom is -0.493 e. The number of hydrogen-bond acceptors (Lipinski definition) is 5. The van der Waals surface area contributed by atoms with Gasteiger partial charge in [-0.1, -0.05) is 60.7 Å². The number of rotatable bonds is 6. The van der Waals surface area contributed by atoms with Crippen molar-refractivity contribution in [2.24, 2.45) is 0 Å².